The van der Waals surface area contributed by atoms with Gasteiger partial charge in [-0.2, -0.15) is 0 Å². The molecule has 0 radical (unpaired) electrons. The standard InChI is InChI=1S/C19H18Cl2N2O3.HNO3/c1-24-16-4-2-3-5-17(16)25-12-26-18(19-22-8-9-23-19)10-13-6-7-14(20)11-15(13)21;2-1(3)4/h2-9,11,18H,10,12H2,1H3,(H,22,23);(H,2,3,4). The van der Waals surface area contributed by atoms with Crippen LogP contribution >= 0.6 is 23.2 Å². The van der Waals surface area contributed by atoms with Gasteiger partial charge in [-0.05, 0) is 29.8 Å². The van der Waals surface area contributed by atoms with E-state index in [1.165, 1.54) is 0 Å². The third kappa shape index (κ3) is 7.43. The summed E-state index contributed by atoms with van der Waals surface area (Å²) in [7, 11) is 1.59. The molecule has 0 aliphatic heterocycles. The van der Waals surface area contributed by atoms with Crippen molar-refractivity contribution in [2.24, 2.45) is 0 Å². The van der Waals surface area contributed by atoms with Gasteiger partial charge in [-0.25, -0.2) is 4.98 Å². The molecule has 1 unspecified atom stereocenters. The van der Waals surface area contributed by atoms with Crippen molar-refractivity contribution >= 4 is 23.2 Å². The van der Waals surface area contributed by atoms with Crippen LogP contribution in [-0.4, -0.2) is 34.2 Å². The minimum absolute atomic E-state index is 0.0386. The van der Waals surface area contributed by atoms with Gasteiger partial charge in [0, 0.05) is 28.9 Å². The molecule has 0 saturated carbocycles. The first-order chi connectivity index (χ1) is 14.4. The van der Waals surface area contributed by atoms with Gasteiger partial charge in [-0.3, -0.25) is 0 Å². The summed E-state index contributed by atoms with van der Waals surface area (Å²) in [6.45, 7) is 0.0386. The van der Waals surface area contributed by atoms with E-state index in [0.717, 1.165) is 5.56 Å². The Morgan fingerprint density at radius 3 is 2.53 bits per heavy atom. The lowest BCUT2D eigenvalue weighted by molar-refractivity contribution is -0.742. The van der Waals surface area contributed by atoms with Crippen molar-refractivity contribution in [3.05, 3.63) is 86.4 Å². The van der Waals surface area contributed by atoms with Crippen molar-refractivity contribution in [1.82, 2.24) is 9.97 Å². The molecule has 160 valence electrons. The number of halogens is 2. The number of aromatic amines is 1. The maximum absolute atomic E-state index is 8.36. The average Bonchev–Trinajstić information content (AvgIpc) is 3.23. The van der Waals surface area contributed by atoms with Crippen LogP contribution in [0.1, 0.15) is 17.5 Å². The summed E-state index contributed by atoms with van der Waals surface area (Å²) in [6.07, 6.45) is 3.60. The van der Waals surface area contributed by atoms with E-state index < -0.39 is 5.09 Å². The lowest BCUT2D eigenvalue weighted by Gasteiger charge is -2.18. The fourth-order valence-corrected chi connectivity index (χ4v) is 2.98. The highest BCUT2D eigenvalue weighted by molar-refractivity contribution is 6.35. The molecule has 0 bridgehead atoms. The van der Waals surface area contributed by atoms with E-state index in [2.05, 4.69) is 9.97 Å². The van der Waals surface area contributed by atoms with Gasteiger partial charge in [0.15, 0.2) is 18.3 Å². The molecule has 2 aromatic carbocycles. The Morgan fingerprint density at radius 1 is 1.23 bits per heavy atom. The average molecular weight is 456 g/mol. The second-order valence-corrected chi connectivity index (χ2v) is 6.56. The second-order valence-electron chi connectivity index (χ2n) is 5.72. The smallest absolute Gasteiger partial charge is 0.291 e. The lowest BCUT2D eigenvalue weighted by atomic mass is 10.1. The minimum atomic E-state index is -1.50. The van der Waals surface area contributed by atoms with Crippen LogP contribution in [0.15, 0.2) is 54.9 Å². The van der Waals surface area contributed by atoms with E-state index in [1.807, 2.05) is 30.3 Å². The van der Waals surface area contributed by atoms with E-state index in [0.29, 0.717) is 33.8 Å². The number of nitrogens with one attached hydrogen (secondary N) is 1. The quantitative estimate of drug-likeness (QED) is 0.286. The number of imidazole rings is 1. The fraction of sp³-hybridized carbons (Fsp3) is 0.211. The first kappa shape index (κ1) is 23.3. The molecule has 0 saturated heterocycles. The van der Waals surface area contributed by atoms with E-state index in [-0.39, 0.29) is 12.9 Å². The summed E-state index contributed by atoms with van der Waals surface area (Å²) in [6, 6.07) is 12.8. The highest BCUT2D eigenvalue weighted by atomic mass is 35.5. The molecule has 9 nitrogen and oxygen atoms in total. The van der Waals surface area contributed by atoms with Crippen molar-refractivity contribution in [2.45, 2.75) is 12.5 Å². The van der Waals surface area contributed by atoms with Crippen LogP contribution < -0.4 is 9.47 Å². The van der Waals surface area contributed by atoms with Crippen LogP contribution in [0.4, 0.5) is 0 Å². The van der Waals surface area contributed by atoms with Gasteiger partial charge in [0.2, 0.25) is 0 Å². The molecule has 30 heavy (non-hydrogen) atoms. The lowest BCUT2D eigenvalue weighted by Crippen LogP contribution is -2.14. The Bertz CT molecular complexity index is 936. The van der Waals surface area contributed by atoms with Crippen LogP contribution in [0.5, 0.6) is 11.5 Å². The summed E-state index contributed by atoms with van der Waals surface area (Å²) in [4.78, 5) is 15.7. The van der Waals surface area contributed by atoms with Crippen LogP contribution in [0, 0.1) is 10.1 Å². The second kappa shape index (κ2) is 11.9. The van der Waals surface area contributed by atoms with Gasteiger partial charge in [-0.1, -0.05) is 41.4 Å². The number of rotatable bonds is 8. The third-order valence-electron chi connectivity index (χ3n) is 3.80. The molecule has 11 heteroatoms. The van der Waals surface area contributed by atoms with Gasteiger partial charge in [0.05, 0.1) is 7.11 Å². The zero-order valence-electron chi connectivity index (χ0n) is 15.8. The number of nitrogens with zero attached hydrogens (tertiary/aromatic N) is 2. The third-order valence-corrected chi connectivity index (χ3v) is 4.38. The zero-order valence-corrected chi connectivity index (χ0v) is 17.3. The first-order valence-corrected chi connectivity index (χ1v) is 9.30. The molecular weight excluding hydrogens is 437 g/mol. The summed E-state index contributed by atoms with van der Waals surface area (Å²) in [5, 5.41) is 14.8. The number of hydrogen-bond donors (Lipinski definition) is 2. The molecule has 2 N–H and O–H groups in total. The Kier molecular flexibility index (Phi) is 9.20. The maximum Gasteiger partial charge on any atom is 0.291 e. The number of aromatic nitrogens is 2. The van der Waals surface area contributed by atoms with E-state index in [1.54, 1.807) is 31.6 Å². The number of H-pyrrole nitrogens is 1. The summed E-state index contributed by atoms with van der Waals surface area (Å²) in [5.41, 5.74) is 0.912. The molecule has 1 aromatic heterocycles. The Balaban J connectivity index is 0.000000735. The van der Waals surface area contributed by atoms with Gasteiger partial charge in [0.1, 0.15) is 11.9 Å². The number of ether oxygens (including phenoxy) is 3. The molecule has 1 atom stereocenters. The SMILES string of the molecule is COc1ccccc1OCOC(Cc1ccc(Cl)cc1Cl)c1ncc[nH]1.O=[N+]([O-])O. The number of benzene rings is 2. The largest absolute Gasteiger partial charge is 0.493 e. The molecule has 3 aromatic rings. The van der Waals surface area contributed by atoms with E-state index in [9.17, 15) is 0 Å². The molecule has 1 heterocycles. The van der Waals surface area contributed by atoms with Crippen molar-refractivity contribution in [3.8, 4) is 11.5 Å². The van der Waals surface area contributed by atoms with Crippen LogP contribution in [0.3, 0.4) is 0 Å². The normalized spacial score (nSPS) is 11.2. The van der Waals surface area contributed by atoms with Crippen molar-refractivity contribution in [2.75, 3.05) is 13.9 Å². The van der Waals surface area contributed by atoms with Crippen molar-refractivity contribution in [1.29, 1.82) is 0 Å². The molecule has 3 rings (SSSR count). The molecule has 0 aliphatic rings. The van der Waals surface area contributed by atoms with Crippen LogP contribution in [-0.2, 0) is 11.2 Å². The topological polar surface area (TPSA) is 120 Å². The maximum atomic E-state index is 8.36. The monoisotopic (exact) mass is 455 g/mol. The molecule has 0 fully saturated rings. The molecular formula is C19H19Cl2N3O6. The number of methoxy groups -OCH3 is 1. The zero-order chi connectivity index (χ0) is 21.9. The fourth-order valence-electron chi connectivity index (χ4n) is 2.49. The first-order valence-electron chi connectivity index (χ1n) is 8.54. The van der Waals surface area contributed by atoms with Crippen LogP contribution in [0.2, 0.25) is 10.0 Å². The van der Waals surface area contributed by atoms with E-state index >= 15 is 0 Å². The Morgan fingerprint density at radius 2 is 1.93 bits per heavy atom. The summed E-state index contributed by atoms with van der Waals surface area (Å²) in [5.74, 6) is 1.95. The Hall–Kier alpha value is -3.01. The van der Waals surface area contributed by atoms with Crippen molar-refractivity contribution in [3.63, 3.8) is 0 Å². The Labute approximate surface area is 182 Å². The highest BCUT2D eigenvalue weighted by Gasteiger charge is 2.18. The summed E-state index contributed by atoms with van der Waals surface area (Å²) >= 11 is 12.3. The van der Waals surface area contributed by atoms with Gasteiger partial charge < -0.3 is 24.4 Å². The van der Waals surface area contributed by atoms with Crippen molar-refractivity contribution < 1.29 is 24.5 Å². The van der Waals surface area contributed by atoms with Crippen LogP contribution in [0.25, 0.3) is 0 Å². The number of para-hydroxylation sites is 2. The molecule has 0 spiro atoms. The number of hydrogen-bond acceptors (Lipinski definition) is 6. The molecule has 0 amide bonds. The van der Waals surface area contributed by atoms with Gasteiger partial charge in [-0.15, -0.1) is 10.1 Å². The molecule has 0 aliphatic carbocycles. The highest BCUT2D eigenvalue weighted by Crippen LogP contribution is 2.29. The summed E-state index contributed by atoms with van der Waals surface area (Å²) < 4.78 is 16.9. The predicted molar refractivity (Wildman–Crippen MR) is 110 cm³/mol. The minimum Gasteiger partial charge on any atom is -0.493 e. The predicted octanol–water partition coefficient (Wildman–Crippen LogP) is 4.71. The van der Waals surface area contributed by atoms with Gasteiger partial charge in [0.25, 0.3) is 5.09 Å². The van der Waals surface area contributed by atoms with E-state index in [4.69, 9.17) is 52.7 Å². The van der Waals surface area contributed by atoms with Gasteiger partial charge >= 0.3 is 0 Å².